The second-order valence-corrected chi connectivity index (χ2v) is 3.97. The molecule has 86 valence electrons. The Kier molecular flexibility index (Phi) is 3.19. The lowest BCUT2D eigenvalue weighted by molar-refractivity contribution is -0.144. The fourth-order valence-corrected chi connectivity index (χ4v) is 1.94. The number of halogens is 1. The Hall–Kier alpha value is -1.42. The highest BCUT2D eigenvalue weighted by molar-refractivity contribution is 5.78. The van der Waals surface area contributed by atoms with Crippen molar-refractivity contribution >= 4 is 5.97 Å². The molecule has 2 rings (SSSR count). The van der Waals surface area contributed by atoms with Gasteiger partial charge in [0.25, 0.3) is 0 Å². The number of esters is 1. The van der Waals surface area contributed by atoms with Crippen LogP contribution in [-0.4, -0.2) is 26.2 Å². The topological polar surface area (TPSA) is 38.3 Å². The summed E-state index contributed by atoms with van der Waals surface area (Å²) >= 11 is 0. The standard InChI is InChI=1S/C12H14FNO2/c1-16-12(15)11(9-6-14-7-9)8-2-4-10(13)5-3-8/h2-5,9,11,14H,6-7H2,1H3. The first-order chi connectivity index (χ1) is 7.72. The van der Waals surface area contributed by atoms with E-state index in [0.717, 1.165) is 18.7 Å². The van der Waals surface area contributed by atoms with E-state index in [0.29, 0.717) is 0 Å². The highest BCUT2D eigenvalue weighted by Crippen LogP contribution is 2.28. The monoisotopic (exact) mass is 223 g/mol. The summed E-state index contributed by atoms with van der Waals surface area (Å²) in [5, 5.41) is 3.12. The van der Waals surface area contributed by atoms with E-state index in [2.05, 4.69) is 5.32 Å². The van der Waals surface area contributed by atoms with Gasteiger partial charge < -0.3 is 10.1 Å². The van der Waals surface area contributed by atoms with Crippen LogP contribution < -0.4 is 5.32 Å². The molecule has 0 bridgehead atoms. The van der Waals surface area contributed by atoms with Gasteiger partial charge in [0.15, 0.2) is 0 Å². The van der Waals surface area contributed by atoms with E-state index in [9.17, 15) is 9.18 Å². The molecule has 0 saturated carbocycles. The molecule has 1 aromatic rings. The van der Waals surface area contributed by atoms with Crippen molar-refractivity contribution in [3.8, 4) is 0 Å². The molecule has 1 atom stereocenters. The summed E-state index contributed by atoms with van der Waals surface area (Å²) in [5.41, 5.74) is 0.819. The first-order valence-electron chi connectivity index (χ1n) is 5.26. The molecule has 1 N–H and O–H groups in total. The molecular weight excluding hydrogens is 209 g/mol. The van der Waals surface area contributed by atoms with Crippen LogP contribution >= 0.6 is 0 Å². The van der Waals surface area contributed by atoms with Crippen LogP contribution in [0, 0.1) is 11.7 Å². The van der Waals surface area contributed by atoms with Gasteiger partial charge in [0.2, 0.25) is 0 Å². The van der Waals surface area contributed by atoms with Crippen molar-refractivity contribution in [2.75, 3.05) is 20.2 Å². The summed E-state index contributed by atoms with van der Waals surface area (Å²) < 4.78 is 17.6. The predicted molar refractivity (Wildman–Crippen MR) is 57.5 cm³/mol. The third-order valence-electron chi connectivity index (χ3n) is 2.97. The van der Waals surface area contributed by atoms with Crippen LogP contribution in [-0.2, 0) is 9.53 Å². The van der Waals surface area contributed by atoms with Gasteiger partial charge in [0, 0.05) is 19.0 Å². The molecular formula is C12H14FNO2. The van der Waals surface area contributed by atoms with Gasteiger partial charge in [-0.25, -0.2) is 4.39 Å². The zero-order chi connectivity index (χ0) is 11.5. The van der Waals surface area contributed by atoms with Crippen molar-refractivity contribution in [2.45, 2.75) is 5.92 Å². The van der Waals surface area contributed by atoms with Crippen LogP contribution in [0.25, 0.3) is 0 Å². The number of methoxy groups -OCH3 is 1. The van der Waals surface area contributed by atoms with Crippen LogP contribution in [0.15, 0.2) is 24.3 Å². The minimum absolute atomic E-state index is 0.248. The van der Waals surface area contributed by atoms with Crippen molar-refractivity contribution < 1.29 is 13.9 Å². The average Bonchev–Trinajstić information content (AvgIpc) is 2.24. The molecule has 3 nitrogen and oxygen atoms in total. The van der Waals surface area contributed by atoms with E-state index < -0.39 is 0 Å². The summed E-state index contributed by atoms with van der Waals surface area (Å²) in [4.78, 5) is 11.7. The van der Waals surface area contributed by atoms with E-state index in [1.807, 2.05) is 0 Å². The Balaban J connectivity index is 2.23. The van der Waals surface area contributed by atoms with E-state index in [-0.39, 0.29) is 23.6 Å². The molecule has 4 heteroatoms. The molecule has 0 spiro atoms. The molecule has 0 amide bonds. The Morgan fingerprint density at radius 3 is 2.50 bits per heavy atom. The van der Waals surface area contributed by atoms with Crippen LogP contribution in [0.1, 0.15) is 11.5 Å². The molecule has 1 saturated heterocycles. The molecule has 0 aromatic heterocycles. The van der Waals surface area contributed by atoms with Crippen molar-refractivity contribution in [1.29, 1.82) is 0 Å². The fraction of sp³-hybridized carbons (Fsp3) is 0.417. The van der Waals surface area contributed by atoms with Crippen molar-refractivity contribution in [1.82, 2.24) is 5.32 Å². The Labute approximate surface area is 93.6 Å². The number of rotatable bonds is 3. The number of nitrogens with one attached hydrogen (secondary N) is 1. The largest absolute Gasteiger partial charge is 0.469 e. The van der Waals surface area contributed by atoms with E-state index in [4.69, 9.17) is 4.74 Å². The summed E-state index contributed by atoms with van der Waals surface area (Å²) in [6.07, 6.45) is 0. The summed E-state index contributed by atoms with van der Waals surface area (Å²) in [7, 11) is 1.38. The first-order valence-corrected chi connectivity index (χ1v) is 5.26. The Morgan fingerprint density at radius 2 is 2.06 bits per heavy atom. The van der Waals surface area contributed by atoms with Gasteiger partial charge in [0.05, 0.1) is 13.0 Å². The van der Waals surface area contributed by atoms with Gasteiger partial charge in [-0.2, -0.15) is 0 Å². The Bertz CT molecular complexity index is 373. The highest BCUT2D eigenvalue weighted by Gasteiger charge is 2.34. The molecule has 1 aliphatic rings. The number of hydrogen-bond donors (Lipinski definition) is 1. The molecule has 1 aromatic carbocycles. The maximum absolute atomic E-state index is 12.8. The van der Waals surface area contributed by atoms with Crippen LogP contribution in [0.2, 0.25) is 0 Å². The lowest BCUT2D eigenvalue weighted by atomic mass is 9.82. The minimum Gasteiger partial charge on any atom is -0.469 e. The van der Waals surface area contributed by atoms with Gasteiger partial charge in [-0.05, 0) is 17.7 Å². The van der Waals surface area contributed by atoms with Gasteiger partial charge in [-0.15, -0.1) is 0 Å². The lowest BCUT2D eigenvalue weighted by Gasteiger charge is -2.33. The maximum atomic E-state index is 12.8. The van der Waals surface area contributed by atoms with Gasteiger partial charge in [-0.3, -0.25) is 4.79 Å². The molecule has 0 aliphatic carbocycles. The minimum atomic E-state index is -0.292. The average molecular weight is 223 g/mol. The van der Waals surface area contributed by atoms with Crippen molar-refractivity contribution in [3.05, 3.63) is 35.6 Å². The highest BCUT2D eigenvalue weighted by atomic mass is 19.1. The number of benzene rings is 1. The van der Waals surface area contributed by atoms with E-state index >= 15 is 0 Å². The SMILES string of the molecule is COC(=O)C(c1ccc(F)cc1)C1CNC1. The maximum Gasteiger partial charge on any atom is 0.313 e. The first kappa shape index (κ1) is 11.1. The third-order valence-corrected chi connectivity index (χ3v) is 2.97. The second kappa shape index (κ2) is 4.61. The number of hydrogen-bond acceptors (Lipinski definition) is 3. The zero-order valence-corrected chi connectivity index (χ0v) is 9.07. The predicted octanol–water partition coefficient (Wildman–Crippen LogP) is 1.30. The number of carbonyl (C=O) groups is 1. The summed E-state index contributed by atoms with van der Waals surface area (Å²) in [6.45, 7) is 1.61. The second-order valence-electron chi connectivity index (χ2n) is 3.97. The molecule has 16 heavy (non-hydrogen) atoms. The van der Waals surface area contributed by atoms with Gasteiger partial charge in [-0.1, -0.05) is 12.1 Å². The quantitative estimate of drug-likeness (QED) is 0.785. The summed E-state index contributed by atoms with van der Waals surface area (Å²) in [5.74, 6) is -0.582. The van der Waals surface area contributed by atoms with Gasteiger partial charge in [0.1, 0.15) is 5.82 Å². The van der Waals surface area contributed by atoms with Crippen LogP contribution in [0.5, 0.6) is 0 Å². The zero-order valence-electron chi connectivity index (χ0n) is 9.07. The fourth-order valence-electron chi connectivity index (χ4n) is 1.94. The van der Waals surface area contributed by atoms with Crippen molar-refractivity contribution in [2.24, 2.45) is 5.92 Å². The molecule has 1 aliphatic heterocycles. The van der Waals surface area contributed by atoms with Crippen LogP contribution in [0.4, 0.5) is 4.39 Å². The number of ether oxygens (including phenoxy) is 1. The van der Waals surface area contributed by atoms with E-state index in [1.54, 1.807) is 12.1 Å². The number of carbonyl (C=O) groups excluding carboxylic acids is 1. The molecule has 1 unspecified atom stereocenters. The molecule has 1 heterocycles. The molecule has 1 fully saturated rings. The summed E-state index contributed by atoms with van der Waals surface area (Å²) in [6, 6.07) is 6.04. The lowest BCUT2D eigenvalue weighted by Crippen LogP contribution is -2.47. The van der Waals surface area contributed by atoms with E-state index in [1.165, 1.54) is 19.2 Å². The third kappa shape index (κ3) is 2.07. The van der Waals surface area contributed by atoms with Crippen molar-refractivity contribution in [3.63, 3.8) is 0 Å². The smallest absolute Gasteiger partial charge is 0.313 e. The molecule has 0 radical (unpaired) electrons. The van der Waals surface area contributed by atoms with Gasteiger partial charge >= 0.3 is 5.97 Å². The Morgan fingerprint density at radius 1 is 1.44 bits per heavy atom. The normalized spacial score (nSPS) is 17.6. The van der Waals surface area contributed by atoms with Crippen LogP contribution in [0.3, 0.4) is 0 Å².